The largest absolute Gasteiger partial charge is 0.396 e. The molecular formula is C28H56O5. The van der Waals surface area contributed by atoms with Crippen molar-refractivity contribution >= 4 is 0 Å². The lowest BCUT2D eigenvalue weighted by molar-refractivity contribution is -0.159. The maximum atomic E-state index is 10.4. The van der Waals surface area contributed by atoms with Crippen molar-refractivity contribution in [3.63, 3.8) is 0 Å². The molecule has 0 spiro atoms. The molecule has 0 heterocycles. The number of rotatable bonds is 5. The summed E-state index contributed by atoms with van der Waals surface area (Å²) in [5.41, 5.74) is -2.07. The SMILES string of the molecule is OCC1CCCCCCCCCCCCCCCCCCCCC(CO)(CO)C1(CO)CO. The molecule has 1 aliphatic rings. The minimum Gasteiger partial charge on any atom is -0.396 e. The van der Waals surface area contributed by atoms with Gasteiger partial charge in [-0.3, -0.25) is 0 Å². The first-order valence-corrected chi connectivity index (χ1v) is 14.2. The van der Waals surface area contributed by atoms with Gasteiger partial charge in [0.1, 0.15) is 0 Å². The van der Waals surface area contributed by atoms with Crippen molar-refractivity contribution in [3.8, 4) is 0 Å². The second-order valence-electron chi connectivity index (χ2n) is 10.9. The molecule has 0 radical (unpaired) electrons. The van der Waals surface area contributed by atoms with Crippen molar-refractivity contribution in [3.05, 3.63) is 0 Å². The van der Waals surface area contributed by atoms with Crippen LogP contribution in [0.4, 0.5) is 0 Å². The van der Waals surface area contributed by atoms with E-state index in [4.69, 9.17) is 0 Å². The Morgan fingerprint density at radius 1 is 0.424 bits per heavy atom. The fourth-order valence-corrected chi connectivity index (χ4v) is 6.07. The Balaban J connectivity index is 2.81. The van der Waals surface area contributed by atoms with Gasteiger partial charge < -0.3 is 25.5 Å². The van der Waals surface area contributed by atoms with Crippen molar-refractivity contribution in [2.75, 3.05) is 33.0 Å². The van der Waals surface area contributed by atoms with Gasteiger partial charge in [0.05, 0.1) is 26.4 Å². The molecule has 1 unspecified atom stereocenters. The summed E-state index contributed by atoms with van der Waals surface area (Å²) >= 11 is 0. The first-order chi connectivity index (χ1) is 16.2. The molecule has 0 aromatic rings. The van der Waals surface area contributed by atoms with E-state index in [1.165, 1.54) is 83.5 Å². The summed E-state index contributed by atoms with van der Waals surface area (Å²) in [5.74, 6) is -0.339. The van der Waals surface area contributed by atoms with Gasteiger partial charge in [-0.15, -0.1) is 0 Å². The third-order valence-corrected chi connectivity index (χ3v) is 8.69. The molecular weight excluding hydrogens is 416 g/mol. The molecule has 1 saturated carbocycles. The normalized spacial score (nSPS) is 25.9. The van der Waals surface area contributed by atoms with Crippen LogP contribution in [0.3, 0.4) is 0 Å². The smallest absolute Gasteiger partial charge is 0.0520 e. The summed E-state index contributed by atoms with van der Waals surface area (Å²) in [6, 6.07) is 0. The lowest BCUT2D eigenvalue weighted by atomic mass is 9.55. The average molecular weight is 473 g/mol. The second kappa shape index (κ2) is 19.0. The van der Waals surface area contributed by atoms with Gasteiger partial charge in [-0.1, -0.05) is 116 Å². The maximum Gasteiger partial charge on any atom is 0.0520 e. The van der Waals surface area contributed by atoms with Crippen LogP contribution >= 0.6 is 0 Å². The zero-order chi connectivity index (χ0) is 24.3. The average Bonchev–Trinajstić information content (AvgIpc) is 2.85. The molecule has 1 rings (SSSR count). The summed E-state index contributed by atoms with van der Waals surface area (Å²) in [5, 5.41) is 51.8. The van der Waals surface area contributed by atoms with E-state index in [0.717, 1.165) is 32.1 Å². The molecule has 0 aromatic carbocycles. The van der Waals surface area contributed by atoms with Gasteiger partial charge in [-0.25, -0.2) is 0 Å². The molecule has 1 atom stereocenters. The highest BCUT2D eigenvalue weighted by Crippen LogP contribution is 2.49. The topological polar surface area (TPSA) is 101 Å². The van der Waals surface area contributed by atoms with Crippen LogP contribution in [-0.2, 0) is 0 Å². The first kappa shape index (κ1) is 30.8. The van der Waals surface area contributed by atoms with Crippen LogP contribution < -0.4 is 0 Å². The monoisotopic (exact) mass is 472 g/mol. The van der Waals surface area contributed by atoms with Gasteiger partial charge in [0, 0.05) is 17.4 Å². The minimum atomic E-state index is -1.08. The van der Waals surface area contributed by atoms with Crippen LogP contribution in [0, 0.1) is 16.7 Å². The van der Waals surface area contributed by atoms with Crippen LogP contribution in [0.15, 0.2) is 0 Å². The quantitative estimate of drug-likeness (QED) is 0.371. The zero-order valence-corrected chi connectivity index (χ0v) is 21.5. The van der Waals surface area contributed by atoms with E-state index >= 15 is 0 Å². The van der Waals surface area contributed by atoms with E-state index in [1.54, 1.807) is 0 Å². The Hall–Kier alpha value is -0.200. The third-order valence-electron chi connectivity index (χ3n) is 8.69. The molecule has 5 heteroatoms. The van der Waals surface area contributed by atoms with Gasteiger partial charge >= 0.3 is 0 Å². The highest BCUT2D eigenvalue weighted by Gasteiger charge is 2.53. The third kappa shape index (κ3) is 10.1. The fourth-order valence-electron chi connectivity index (χ4n) is 6.07. The number of aliphatic hydroxyl groups is 5. The van der Waals surface area contributed by atoms with E-state index in [-0.39, 0.29) is 39.0 Å². The summed E-state index contributed by atoms with van der Waals surface area (Å²) in [7, 11) is 0. The number of hydrogen-bond acceptors (Lipinski definition) is 5. The van der Waals surface area contributed by atoms with E-state index in [0.29, 0.717) is 12.8 Å². The van der Waals surface area contributed by atoms with Gasteiger partial charge in [0.25, 0.3) is 0 Å². The van der Waals surface area contributed by atoms with Crippen molar-refractivity contribution in [2.45, 2.75) is 128 Å². The highest BCUT2D eigenvalue weighted by atomic mass is 16.3. The molecule has 5 nitrogen and oxygen atoms in total. The van der Waals surface area contributed by atoms with Crippen LogP contribution in [0.5, 0.6) is 0 Å². The molecule has 1 fully saturated rings. The fraction of sp³-hybridized carbons (Fsp3) is 1.00. The first-order valence-electron chi connectivity index (χ1n) is 14.2. The molecule has 0 saturated heterocycles. The molecule has 33 heavy (non-hydrogen) atoms. The summed E-state index contributed by atoms with van der Waals surface area (Å²) in [6.45, 7) is -1.41. The van der Waals surface area contributed by atoms with Gasteiger partial charge in [-0.2, -0.15) is 0 Å². The Morgan fingerprint density at radius 2 is 0.758 bits per heavy atom. The van der Waals surface area contributed by atoms with Crippen molar-refractivity contribution < 1.29 is 25.5 Å². The Kier molecular flexibility index (Phi) is 17.8. The second-order valence-corrected chi connectivity index (χ2v) is 10.9. The van der Waals surface area contributed by atoms with Gasteiger partial charge in [0.15, 0.2) is 0 Å². The van der Waals surface area contributed by atoms with Gasteiger partial charge in [0.2, 0.25) is 0 Å². The van der Waals surface area contributed by atoms with E-state index in [1.807, 2.05) is 0 Å². The van der Waals surface area contributed by atoms with Crippen LogP contribution in [0.1, 0.15) is 128 Å². The predicted molar refractivity (Wildman–Crippen MR) is 136 cm³/mol. The Bertz CT molecular complexity index is 434. The minimum absolute atomic E-state index is 0.150. The molecule has 198 valence electrons. The van der Waals surface area contributed by atoms with Crippen LogP contribution in [0.2, 0.25) is 0 Å². The molecule has 1 aliphatic carbocycles. The molecule has 5 N–H and O–H groups in total. The molecule has 0 bridgehead atoms. The summed E-state index contributed by atoms with van der Waals surface area (Å²) in [4.78, 5) is 0. The Labute approximate surface area is 204 Å². The van der Waals surface area contributed by atoms with Gasteiger partial charge in [-0.05, 0) is 18.8 Å². The molecule has 0 amide bonds. The molecule has 0 aromatic heterocycles. The zero-order valence-electron chi connectivity index (χ0n) is 21.5. The van der Waals surface area contributed by atoms with Crippen LogP contribution in [-0.4, -0.2) is 58.6 Å². The standard InChI is InChI=1S/C28H56O5/c29-21-26-19-17-15-13-11-9-7-5-3-1-2-4-6-8-10-12-14-16-18-20-27(22-30,23-31)28(26,24-32)25-33/h26,29-33H,1-25H2. The van der Waals surface area contributed by atoms with E-state index < -0.39 is 10.8 Å². The Morgan fingerprint density at radius 3 is 1.06 bits per heavy atom. The van der Waals surface area contributed by atoms with E-state index in [2.05, 4.69) is 0 Å². The lowest BCUT2D eigenvalue weighted by Gasteiger charge is -2.51. The van der Waals surface area contributed by atoms with Crippen molar-refractivity contribution in [2.24, 2.45) is 16.7 Å². The number of hydrogen-bond donors (Lipinski definition) is 5. The van der Waals surface area contributed by atoms with Crippen molar-refractivity contribution in [1.29, 1.82) is 0 Å². The maximum absolute atomic E-state index is 10.4. The van der Waals surface area contributed by atoms with Crippen LogP contribution in [0.25, 0.3) is 0 Å². The number of aliphatic hydroxyl groups excluding tert-OH is 5. The predicted octanol–water partition coefficient (Wildman–Crippen LogP) is 5.35. The van der Waals surface area contributed by atoms with E-state index in [9.17, 15) is 25.5 Å². The van der Waals surface area contributed by atoms with Crippen molar-refractivity contribution in [1.82, 2.24) is 0 Å². The summed E-state index contributed by atoms with van der Waals surface area (Å²) < 4.78 is 0. The molecule has 0 aliphatic heterocycles. The lowest BCUT2D eigenvalue weighted by Crippen LogP contribution is -2.57. The highest BCUT2D eigenvalue weighted by molar-refractivity contribution is 5.01. The summed E-state index contributed by atoms with van der Waals surface area (Å²) in [6.07, 6.45) is 23.3.